The first-order valence-electron chi connectivity index (χ1n) is 7.91. The van der Waals surface area contributed by atoms with E-state index in [9.17, 15) is 9.90 Å². The maximum atomic E-state index is 11.2. The largest absolute Gasteiger partial charge is 0.482 e. The van der Waals surface area contributed by atoms with Gasteiger partial charge < -0.3 is 9.84 Å². The molecule has 1 aromatic rings. The van der Waals surface area contributed by atoms with Crippen molar-refractivity contribution in [2.24, 2.45) is 0 Å². The summed E-state index contributed by atoms with van der Waals surface area (Å²) in [6.07, 6.45) is 9.25. The van der Waals surface area contributed by atoms with Gasteiger partial charge >= 0.3 is 5.97 Å². The van der Waals surface area contributed by atoms with Gasteiger partial charge in [0, 0.05) is 0 Å². The third-order valence-corrected chi connectivity index (χ3v) is 3.39. The van der Waals surface area contributed by atoms with Crippen LogP contribution in [0.25, 0.3) is 0 Å². The summed E-state index contributed by atoms with van der Waals surface area (Å²) in [5.74, 6) is -1.05. The highest BCUT2D eigenvalue weighted by atomic mass is 16.5. The van der Waals surface area contributed by atoms with Crippen LogP contribution in [0.5, 0.6) is 0 Å². The number of carbonyl (C=O) groups is 1. The molecule has 0 heterocycles. The summed E-state index contributed by atoms with van der Waals surface area (Å²) in [6.45, 7) is 4.48. The highest BCUT2D eigenvalue weighted by Gasteiger charge is 2.07. The van der Waals surface area contributed by atoms with E-state index in [4.69, 9.17) is 4.74 Å². The number of allylic oxidation sites excluding steroid dienone is 3. The SMILES string of the molecule is CCCCCCC(C)=CC=C(OCc1ccccc1)C(=O)O. The number of rotatable bonds is 10. The molecule has 120 valence electrons. The molecule has 0 saturated carbocycles. The second-order valence-corrected chi connectivity index (χ2v) is 5.43. The third kappa shape index (κ3) is 7.67. The molecule has 0 aliphatic rings. The van der Waals surface area contributed by atoms with Gasteiger partial charge in [0.2, 0.25) is 5.76 Å². The Morgan fingerprint density at radius 2 is 1.86 bits per heavy atom. The summed E-state index contributed by atoms with van der Waals surface area (Å²) < 4.78 is 5.40. The quantitative estimate of drug-likeness (QED) is 0.283. The molecule has 3 heteroatoms. The zero-order valence-corrected chi connectivity index (χ0v) is 13.5. The highest BCUT2D eigenvalue weighted by Crippen LogP contribution is 2.11. The second kappa shape index (κ2) is 10.7. The Morgan fingerprint density at radius 3 is 2.50 bits per heavy atom. The summed E-state index contributed by atoms with van der Waals surface area (Å²) >= 11 is 0. The van der Waals surface area contributed by atoms with Crippen LogP contribution < -0.4 is 0 Å². The summed E-state index contributed by atoms with van der Waals surface area (Å²) in [6, 6.07) is 9.55. The van der Waals surface area contributed by atoms with Crippen LogP contribution in [-0.2, 0) is 16.1 Å². The lowest BCUT2D eigenvalue weighted by atomic mass is 10.1. The minimum Gasteiger partial charge on any atom is -0.482 e. The van der Waals surface area contributed by atoms with Crippen molar-refractivity contribution in [2.45, 2.75) is 52.6 Å². The fourth-order valence-electron chi connectivity index (χ4n) is 2.05. The highest BCUT2D eigenvalue weighted by molar-refractivity contribution is 5.84. The topological polar surface area (TPSA) is 46.5 Å². The summed E-state index contributed by atoms with van der Waals surface area (Å²) in [7, 11) is 0. The van der Waals surface area contributed by atoms with E-state index in [0.717, 1.165) is 18.4 Å². The molecule has 0 amide bonds. The molecule has 0 unspecified atom stereocenters. The molecule has 0 atom stereocenters. The van der Waals surface area contributed by atoms with Gasteiger partial charge in [-0.2, -0.15) is 0 Å². The smallest absolute Gasteiger partial charge is 0.371 e. The van der Waals surface area contributed by atoms with Gasteiger partial charge in [-0.05, 0) is 31.4 Å². The average molecular weight is 302 g/mol. The normalized spacial score (nSPS) is 12.3. The maximum absolute atomic E-state index is 11.2. The van der Waals surface area contributed by atoms with Gasteiger partial charge in [-0.3, -0.25) is 0 Å². The molecule has 1 N–H and O–H groups in total. The maximum Gasteiger partial charge on any atom is 0.371 e. The minimum absolute atomic E-state index is 0.0169. The van der Waals surface area contributed by atoms with E-state index in [2.05, 4.69) is 6.92 Å². The molecule has 0 spiro atoms. The van der Waals surface area contributed by atoms with E-state index >= 15 is 0 Å². The van der Waals surface area contributed by atoms with Gasteiger partial charge in [-0.15, -0.1) is 0 Å². The number of benzene rings is 1. The van der Waals surface area contributed by atoms with Gasteiger partial charge in [0.25, 0.3) is 0 Å². The van der Waals surface area contributed by atoms with E-state index in [1.54, 1.807) is 6.08 Å². The van der Waals surface area contributed by atoms with Crippen LogP contribution in [0.1, 0.15) is 51.5 Å². The van der Waals surface area contributed by atoms with E-state index in [1.165, 1.54) is 24.8 Å². The lowest BCUT2D eigenvalue weighted by molar-refractivity contribution is -0.136. The lowest BCUT2D eigenvalue weighted by Gasteiger charge is -2.06. The first-order chi connectivity index (χ1) is 10.6. The first kappa shape index (κ1) is 18.0. The van der Waals surface area contributed by atoms with E-state index in [-0.39, 0.29) is 12.4 Å². The molecule has 1 aromatic carbocycles. The predicted octanol–water partition coefficient (Wildman–Crippen LogP) is 5.09. The molecular formula is C19H26O3. The standard InChI is InChI=1S/C19H26O3/c1-3-4-5-7-10-16(2)13-14-18(19(20)21)22-15-17-11-8-6-9-12-17/h6,8-9,11-14H,3-5,7,10,15H2,1-2H3,(H,20,21). The molecule has 0 bridgehead atoms. The molecule has 0 aromatic heterocycles. The van der Waals surface area contributed by atoms with Gasteiger partial charge in [-0.25, -0.2) is 4.79 Å². The number of hydrogen-bond donors (Lipinski definition) is 1. The summed E-state index contributed by atoms with van der Waals surface area (Å²) in [5, 5.41) is 9.19. The van der Waals surface area contributed by atoms with Crippen molar-refractivity contribution in [1.82, 2.24) is 0 Å². The predicted molar refractivity (Wildman–Crippen MR) is 89.5 cm³/mol. The number of carboxylic acids is 1. The van der Waals surface area contributed by atoms with Crippen LogP contribution in [0.3, 0.4) is 0 Å². The van der Waals surface area contributed by atoms with Crippen molar-refractivity contribution in [3.63, 3.8) is 0 Å². The lowest BCUT2D eigenvalue weighted by Crippen LogP contribution is -2.05. The molecular weight excluding hydrogens is 276 g/mol. The monoisotopic (exact) mass is 302 g/mol. The van der Waals surface area contributed by atoms with Crippen LogP contribution >= 0.6 is 0 Å². The fourth-order valence-corrected chi connectivity index (χ4v) is 2.05. The van der Waals surface area contributed by atoms with E-state index in [0.29, 0.717) is 0 Å². The Balaban J connectivity index is 2.52. The van der Waals surface area contributed by atoms with Gasteiger partial charge in [0.1, 0.15) is 6.61 Å². The van der Waals surface area contributed by atoms with Crippen LogP contribution in [0.4, 0.5) is 0 Å². The van der Waals surface area contributed by atoms with Crippen LogP contribution in [0.15, 0.2) is 53.8 Å². The van der Waals surface area contributed by atoms with Gasteiger partial charge in [-0.1, -0.05) is 68.2 Å². The Morgan fingerprint density at radius 1 is 1.14 bits per heavy atom. The minimum atomic E-state index is -1.04. The molecule has 1 rings (SSSR count). The van der Waals surface area contributed by atoms with Crippen molar-refractivity contribution < 1.29 is 14.6 Å². The Bertz CT molecular complexity index is 501. The second-order valence-electron chi connectivity index (χ2n) is 5.43. The third-order valence-electron chi connectivity index (χ3n) is 3.39. The number of unbranched alkanes of at least 4 members (excludes halogenated alkanes) is 3. The molecule has 0 aliphatic heterocycles. The van der Waals surface area contributed by atoms with Crippen molar-refractivity contribution in [2.75, 3.05) is 0 Å². The fraction of sp³-hybridized carbons (Fsp3) is 0.421. The average Bonchev–Trinajstić information content (AvgIpc) is 2.52. The van der Waals surface area contributed by atoms with Crippen molar-refractivity contribution in [3.8, 4) is 0 Å². The zero-order valence-electron chi connectivity index (χ0n) is 13.5. The number of hydrogen-bond acceptors (Lipinski definition) is 2. The molecule has 22 heavy (non-hydrogen) atoms. The molecule has 0 fully saturated rings. The molecule has 0 radical (unpaired) electrons. The number of carboxylic acid groups (broad SMARTS) is 1. The summed E-state index contributed by atoms with van der Waals surface area (Å²) in [4.78, 5) is 11.2. The van der Waals surface area contributed by atoms with E-state index in [1.807, 2.05) is 43.3 Å². The van der Waals surface area contributed by atoms with Gasteiger partial charge in [0.05, 0.1) is 0 Å². The first-order valence-corrected chi connectivity index (χ1v) is 7.91. The van der Waals surface area contributed by atoms with Crippen LogP contribution in [0, 0.1) is 0 Å². The van der Waals surface area contributed by atoms with Crippen LogP contribution in [0.2, 0.25) is 0 Å². The molecule has 0 aliphatic carbocycles. The van der Waals surface area contributed by atoms with Crippen LogP contribution in [-0.4, -0.2) is 11.1 Å². The van der Waals surface area contributed by atoms with Crippen molar-refractivity contribution in [1.29, 1.82) is 0 Å². The number of ether oxygens (including phenoxy) is 1. The number of aliphatic carboxylic acids is 1. The summed E-state index contributed by atoms with van der Waals surface area (Å²) in [5.41, 5.74) is 2.13. The molecule has 0 saturated heterocycles. The van der Waals surface area contributed by atoms with Gasteiger partial charge in [0.15, 0.2) is 0 Å². The zero-order chi connectivity index (χ0) is 16.2. The van der Waals surface area contributed by atoms with E-state index < -0.39 is 5.97 Å². The Hall–Kier alpha value is -2.03. The Labute approximate surface area is 133 Å². The van der Waals surface area contributed by atoms with Crippen molar-refractivity contribution >= 4 is 5.97 Å². The van der Waals surface area contributed by atoms with Crippen molar-refractivity contribution in [3.05, 3.63) is 59.4 Å². The Kier molecular flexibility index (Phi) is 8.73. The molecule has 3 nitrogen and oxygen atoms in total.